The first kappa shape index (κ1) is 21.1. The van der Waals surface area contributed by atoms with Crippen LogP contribution in [0.2, 0.25) is 0 Å². The predicted octanol–water partition coefficient (Wildman–Crippen LogP) is 0.349. The summed E-state index contributed by atoms with van der Waals surface area (Å²) in [6.45, 7) is -0.0321. The number of fused-ring (bicyclic) bond motifs is 3. The van der Waals surface area contributed by atoms with Crippen molar-refractivity contribution < 1.29 is 39.9 Å². The topological polar surface area (TPSA) is 178 Å². The zero-order valence-electron chi connectivity index (χ0n) is 16.6. The Hall–Kier alpha value is -3.17. The van der Waals surface area contributed by atoms with Gasteiger partial charge in [-0.15, -0.1) is 0 Å². The molecule has 1 aromatic carbocycles. The lowest BCUT2D eigenvalue weighted by Gasteiger charge is -2.46. The van der Waals surface area contributed by atoms with E-state index < -0.39 is 52.0 Å². The molecule has 31 heavy (non-hydrogen) atoms. The van der Waals surface area contributed by atoms with Gasteiger partial charge in [0.2, 0.25) is 5.78 Å². The van der Waals surface area contributed by atoms with Crippen LogP contribution in [0.4, 0.5) is 0 Å². The van der Waals surface area contributed by atoms with E-state index in [9.17, 15) is 34.8 Å². The van der Waals surface area contributed by atoms with Crippen LogP contribution in [0.3, 0.4) is 0 Å². The summed E-state index contributed by atoms with van der Waals surface area (Å²) in [7, 11) is 0. The number of hydrogen-bond acceptors (Lipinski definition) is 8. The Morgan fingerprint density at radius 2 is 1.87 bits per heavy atom. The molecule has 9 nitrogen and oxygen atoms in total. The van der Waals surface area contributed by atoms with Crippen molar-refractivity contribution in [3.05, 3.63) is 45.7 Å². The molecule has 0 saturated heterocycles. The molecule has 9 heteroatoms. The minimum Gasteiger partial charge on any atom is -0.508 e. The van der Waals surface area contributed by atoms with E-state index in [0.717, 1.165) is 5.56 Å². The van der Waals surface area contributed by atoms with Gasteiger partial charge >= 0.3 is 0 Å². The lowest BCUT2D eigenvalue weighted by molar-refractivity contribution is -0.147. The highest BCUT2D eigenvalue weighted by Gasteiger charge is 2.60. The van der Waals surface area contributed by atoms with Crippen molar-refractivity contribution in [2.75, 3.05) is 6.61 Å². The Morgan fingerprint density at radius 3 is 2.52 bits per heavy atom. The lowest BCUT2D eigenvalue weighted by atomic mass is 9.59. The molecule has 1 fully saturated rings. The van der Waals surface area contributed by atoms with Crippen LogP contribution in [-0.2, 0) is 27.2 Å². The number of carbonyl (C=O) groups excluding carboxylic acids is 3. The van der Waals surface area contributed by atoms with Crippen LogP contribution < -0.4 is 5.73 Å². The molecule has 164 valence electrons. The Bertz CT molecular complexity index is 1090. The molecular weight excluding hydrogens is 406 g/mol. The van der Waals surface area contributed by atoms with Crippen LogP contribution in [0.5, 0.6) is 5.75 Å². The molecule has 0 aromatic heterocycles. The molecule has 0 aliphatic heterocycles. The Morgan fingerprint density at radius 1 is 1.16 bits per heavy atom. The number of carbonyl (C=O) groups is 3. The van der Waals surface area contributed by atoms with Gasteiger partial charge in [-0.05, 0) is 48.8 Å². The van der Waals surface area contributed by atoms with Gasteiger partial charge in [-0.1, -0.05) is 6.07 Å². The third-order valence-electron chi connectivity index (χ3n) is 6.65. The van der Waals surface area contributed by atoms with Gasteiger partial charge in [0.15, 0.2) is 11.4 Å². The number of rotatable bonds is 4. The number of benzene rings is 1. The van der Waals surface area contributed by atoms with Crippen molar-refractivity contribution >= 4 is 23.2 Å². The molecule has 3 aliphatic carbocycles. The number of aryl methyl sites for hydroxylation is 1. The summed E-state index contributed by atoms with van der Waals surface area (Å²) in [5.74, 6) is -6.39. The first-order valence-electron chi connectivity index (χ1n) is 10.0. The predicted molar refractivity (Wildman–Crippen MR) is 107 cm³/mol. The van der Waals surface area contributed by atoms with Gasteiger partial charge in [0.05, 0.1) is 5.56 Å². The van der Waals surface area contributed by atoms with Crippen molar-refractivity contribution in [2.24, 2.45) is 17.6 Å². The summed E-state index contributed by atoms with van der Waals surface area (Å²) in [6.07, 6.45) is 0.990. The number of phenols is 1. The fourth-order valence-electron chi connectivity index (χ4n) is 5.19. The standard InChI is InChI=1S/C22H23NO8/c23-21(30)17-14(26)8-11-6-10-7-12-9(2-1-5-24)3-4-13(25)16(12)18(27)15(10)19(28)22(11,31)20(17)29/h3-4,10-11,24-25,27,29,31H,1-2,5-8H2,(H2,23,30)/t10-,11+,22+/m1/s1. The number of aliphatic hydroxyl groups is 4. The number of amides is 1. The molecule has 0 bridgehead atoms. The second kappa shape index (κ2) is 7.21. The average Bonchev–Trinajstić information content (AvgIpc) is 2.70. The third-order valence-corrected chi connectivity index (χ3v) is 6.65. The van der Waals surface area contributed by atoms with Crippen LogP contribution in [-0.4, -0.2) is 55.2 Å². The number of nitrogens with two attached hydrogens (primary N) is 1. The van der Waals surface area contributed by atoms with E-state index in [1.165, 1.54) is 6.07 Å². The zero-order valence-corrected chi connectivity index (χ0v) is 16.6. The van der Waals surface area contributed by atoms with Crippen molar-refractivity contribution in [3.63, 3.8) is 0 Å². The Labute approximate surface area is 177 Å². The maximum atomic E-state index is 13.3. The Balaban J connectivity index is 1.89. The summed E-state index contributed by atoms with van der Waals surface area (Å²) >= 11 is 0. The number of aromatic hydroxyl groups is 1. The number of Topliss-reactive ketones (excluding diaryl/α,β-unsaturated/α-hetero) is 2. The third kappa shape index (κ3) is 2.88. The van der Waals surface area contributed by atoms with E-state index in [4.69, 9.17) is 10.8 Å². The summed E-state index contributed by atoms with van der Waals surface area (Å²) < 4.78 is 0. The molecule has 0 heterocycles. The number of aliphatic hydroxyl groups excluding tert-OH is 3. The van der Waals surface area contributed by atoms with E-state index in [0.29, 0.717) is 18.4 Å². The monoisotopic (exact) mass is 429 g/mol. The van der Waals surface area contributed by atoms with E-state index >= 15 is 0 Å². The van der Waals surface area contributed by atoms with E-state index in [1.807, 2.05) is 0 Å². The highest BCUT2D eigenvalue weighted by atomic mass is 16.3. The van der Waals surface area contributed by atoms with Gasteiger partial charge in [-0.3, -0.25) is 14.4 Å². The van der Waals surface area contributed by atoms with Crippen LogP contribution in [0, 0.1) is 11.8 Å². The average molecular weight is 429 g/mol. The minimum atomic E-state index is -2.56. The summed E-state index contributed by atoms with van der Waals surface area (Å²) in [5, 5.41) is 52.2. The van der Waals surface area contributed by atoms with Gasteiger partial charge in [0.1, 0.15) is 22.8 Å². The molecule has 1 aromatic rings. The fourth-order valence-corrected chi connectivity index (χ4v) is 5.19. The second-order valence-electron chi connectivity index (χ2n) is 8.33. The largest absolute Gasteiger partial charge is 0.508 e. The summed E-state index contributed by atoms with van der Waals surface area (Å²) in [6, 6.07) is 3.08. The lowest BCUT2D eigenvalue weighted by Crippen LogP contribution is -2.58. The molecule has 3 aliphatic rings. The number of ketones is 2. The smallest absolute Gasteiger partial charge is 0.255 e. The number of primary amides is 1. The molecule has 7 N–H and O–H groups in total. The highest BCUT2D eigenvalue weighted by molar-refractivity contribution is 6.22. The maximum absolute atomic E-state index is 13.3. The first-order valence-corrected chi connectivity index (χ1v) is 10.0. The van der Waals surface area contributed by atoms with Gasteiger partial charge in [0, 0.05) is 24.5 Å². The van der Waals surface area contributed by atoms with E-state index in [1.54, 1.807) is 6.07 Å². The van der Waals surface area contributed by atoms with Gasteiger partial charge in [-0.2, -0.15) is 0 Å². The van der Waals surface area contributed by atoms with Crippen molar-refractivity contribution in [1.29, 1.82) is 0 Å². The van der Waals surface area contributed by atoms with E-state index in [-0.39, 0.29) is 42.8 Å². The van der Waals surface area contributed by atoms with Crippen molar-refractivity contribution in [3.8, 4) is 5.75 Å². The van der Waals surface area contributed by atoms with Crippen molar-refractivity contribution in [1.82, 2.24) is 0 Å². The van der Waals surface area contributed by atoms with Gasteiger partial charge < -0.3 is 31.3 Å². The molecule has 3 atom stereocenters. The molecule has 0 unspecified atom stereocenters. The molecule has 1 saturated carbocycles. The van der Waals surface area contributed by atoms with Crippen molar-refractivity contribution in [2.45, 2.75) is 37.7 Å². The normalized spacial score (nSPS) is 27.7. The molecular formula is C22H23NO8. The van der Waals surface area contributed by atoms with Crippen LogP contribution >= 0.6 is 0 Å². The quantitative estimate of drug-likeness (QED) is 0.371. The molecule has 4 rings (SSSR count). The molecule has 0 spiro atoms. The maximum Gasteiger partial charge on any atom is 0.255 e. The minimum absolute atomic E-state index is 0.0321. The number of hydrogen-bond donors (Lipinski definition) is 6. The summed E-state index contributed by atoms with van der Waals surface area (Å²) in [4.78, 5) is 37.3. The van der Waals surface area contributed by atoms with Crippen LogP contribution in [0.25, 0.3) is 5.76 Å². The molecule has 1 amide bonds. The molecule has 0 radical (unpaired) electrons. The van der Waals surface area contributed by atoms with Crippen LogP contribution in [0.15, 0.2) is 29.0 Å². The van der Waals surface area contributed by atoms with Gasteiger partial charge in [-0.25, -0.2) is 0 Å². The van der Waals surface area contributed by atoms with Gasteiger partial charge in [0.25, 0.3) is 5.91 Å². The van der Waals surface area contributed by atoms with Crippen LogP contribution in [0.1, 0.15) is 36.0 Å². The fraction of sp³-hybridized carbons (Fsp3) is 0.409. The zero-order chi connectivity index (χ0) is 22.7. The SMILES string of the molecule is NC(=O)C1=C(O)[C@@]2(O)C(=O)C3=C(O)c4c(O)ccc(CCCO)c4C[C@H]3C[C@H]2CC1=O. The Kier molecular flexibility index (Phi) is 4.90. The summed E-state index contributed by atoms with van der Waals surface area (Å²) in [5.41, 5.74) is 3.15. The number of phenolic OH excluding ortho intramolecular Hbond substituents is 1. The highest BCUT2D eigenvalue weighted by Crippen LogP contribution is 2.52. The first-order chi connectivity index (χ1) is 14.6. The van der Waals surface area contributed by atoms with E-state index in [2.05, 4.69) is 0 Å². The second-order valence-corrected chi connectivity index (χ2v) is 8.33.